The van der Waals surface area contributed by atoms with Crippen LogP contribution in [0.3, 0.4) is 0 Å². The Balaban J connectivity index is 1.90. The quantitative estimate of drug-likeness (QED) is 0.865. The van der Waals surface area contributed by atoms with Gasteiger partial charge in [-0.2, -0.15) is 0 Å². The number of hydrogen-bond acceptors (Lipinski definition) is 2. The molecule has 3 heterocycles. The molecule has 1 N–H and O–H groups in total. The summed E-state index contributed by atoms with van der Waals surface area (Å²) in [5, 5.41) is 13.3. The molecule has 2 nitrogen and oxygen atoms in total. The molecule has 3 aliphatic rings. The average molecular weight is 362 g/mol. The number of fused-ring (bicyclic) bond motifs is 3. The molecule has 1 atom stereocenters. The van der Waals surface area contributed by atoms with E-state index in [4.69, 9.17) is 23.2 Å². The fourth-order valence-corrected chi connectivity index (χ4v) is 5.08. The predicted octanol–water partition coefficient (Wildman–Crippen LogP) is 4.57. The van der Waals surface area contributed by atoms with E-state index in [1.807, 2.05) is 48.5 Å². The average Bonchev–Trinajstić information content (AvgIpc) is 2.63. The molecule has 24 heavy (non-hydrogen) atoms. The summed E-state index contributed by atoms with van der Waals surface area (Å²) < 4.78 is 0. The van der Waals surface area contributed by atoms with Gasteiger partial charge in [0.2, 0.25) is 0 Å². The molecule has 2 bridgehead atoms. The highest BCUT2D eigenvalue weighted by molar-refractivity contribution is 6.32. The van der Waals surface area contributed by atoms with Crippen molar-refractivity contribution >= 4 is 23.2 Å². The van der Waals surface area contributed by atoms with Crippen LogP contribution in [-0.2, 0) is 5.60 Å². The normalized spacial score (nSPS) is 26.5. The maximum absolute atomic E-state index is 12.1. The summed E-state index contributed by atoms with van der Waals surface area (Å²) in [6.07, 6.45) is 2.25. The van der Waals surface area contributed by atoms with Crippen LogP contribution in [0.15, 0.2) is 48.5 Å². The maximum Gasteiger partial charge on any atom is 0.122 e. The highest BCUT2D eigenvalue weighted by Gasteiger charge is 2.50. The molecule has 4 heteroatoms. The predicted molar refractivity (Wildman–Crippen MR) is 98.6 cm³/mol. The number of benzene rings is 2. The lowest BCUT2D eigenvalue weighted by molar-refractivity contribution is -0.0763. The van der Waals surface area contributed by atoms with E-state index >= 15 is 0 Å². The van der Waals surface area contributed by atoms with E-state index in [-0.39, 0.29) is 5.92 Å². The summed E-state index contributed by atoms with van der Waals surface area (Å²) in [4.78, 5) is 2.45. The van der Waals surface area contributed by atoms with E-state index in [2.05, 4.69) is 4.90 Å². The topological polar surface area (TPSA) is 23.5 Å². The van der Waals surface area contributed by atoms with Crippen LogP contribution in [-0.4, -0.2) is 29.6 Å². The number of aliphatic hydroxyl groups is 1. The Morgan fingerprint density at radius 3 is 1.79 bits per heavy atom. The Hall–Kier alpha value is -1.06. The highest BCUT2D eigenvalue weighted by Crippen LogP contribution is 2.49. The molecule has 2 aromatic rings. The molecule has 5 rings (SSSR count). The fraction of sp³-hybridized carbons (Fsp3) is 0.400. The summed E-state index contributed by atoms with van der Waals surface area (Å²) in [5.41, 5.74) is 0.359. The molecular formula is C20H21Cl2NO. The van der Waals surface area contributed by atoms with Crippen molar-refractivity contribution in [1.29, 1.82) is 0 Å². The van der Waals surface area contributed by atoms with Gasteiger partial charge in [-0.15, -0.1) is 0 Å². The molecule has 0 spiro atoms. The first kappa shape index (κ1) is 16.4. The Labute approximate surface area is 153 Å². The molecule has 0 aromatic heterocycles. The smallest absolute Gasteiger partial charge is 0.122 e. The zero-order valence-corrected chi connectivity index (χ0v) is 15.0. The minimum absolute atomic E-state index is 0.0970. The van der Waals surface area contributed by atoms with Crippen LogP contribution in [0.2, 0.25) is 10.0 Å². The maximum atomic E-state index is 12.1. The first-order chi connectivity index (χ1) is 11.6. The zero-order valence-electron chi connectivity index (χ0n) is 13.5. The second kappa shape index (κ2) is 6.34. The van der Waals surface area contributed by atoms with Crippen molar-refractivity contribution in [3.8, 4) is 0 Å². The van der Waals surface area contributed by atoms with Gasteiger partial charge in [-0.3, -0.25) is 0 Å². The molecule has 3 saturated heterocycles. The second-order valence-corrected chi connectivity index (χ2v) is 7.79. The lowest BCUT2D eigenvalue weighted by atomic mass is 9.65. The summed E-state index contributed by atoms with van der Waals surface area (Å²) in [5.74, 6) is 0.590. The Morgan fingerprint density at radius 2 is 1.38 bits per heavy atom. The van der Waals surface area contributed by atoms with Crippen LogP contribution in [0.4, 0.5) is 0 Å². The van der Waals surface area contributed by atoms with Gasteiger partial charge in [0.1, 0.15) is 5.60 Å². The van der Waals surface area contributed by atoms with Crippen molar-refractivity contribution in [2.24, 2.45) is 11.8 Å². The van der Waals surface area contributed by atoms with Gasteiger partial charge < -0.3 is 10.0 Å². The van der Waals surface area contributed by atoms with Crippen LogP contribution in [0.5, 0.6) is 0 Å². The standard InChI is InChI=1S/C20H21Cl2NO/c21-18-7-3-1-5-15(18)20(24,16-6-2-4-8-19(16)22)17-13-23-11-9-14(17)10-12-23/h1-8,14,17,24H,9-13H2/t17-/m1/s1. The molecule has 0 amide bonds. The highest BCUT2D eigenvalue weighted by atomic mass is 35.5. The fourth-order valence-electron chi connectivity index (χ4n) is 4.52. The lowest BCUT2D eigenvalue weighted by Gasteiger charge is -2.51. The monoisotopic (exact) mass is 361 g/mol. The van der Waals surface area contributed by atoms with Crippen molar-refractivity contribution in [2.45, 2.75) is 18.4 Å². The summed E-state index contributed by atoms with van der Waals surface area (Å²) in [7, 11) is 0. The van der Waals surface area contributed by atoms with Gasteiger partial charge >= 0.3 is 0 Å². The summed E-state index contributed by atoms with van der Waals surface area (Å²) in [6, 6.07) is 15.2. The van der Waals surface area contributed by atoms with Crippen molar-refractivity contribution in [1.82, 2.24) is 4.90 Å². The van der Waals surface area contributed by atoms with E-state index in [1.54, 1.807) is 0 Å². The molecule has 126 valence electrons. The molecule has 2 aromatic carbocycles. The van der Waals surface area contributed by atoms with Gasteiger partial charge in [0.15, 0.2) is 0 Å². The number of piperidine rings is 3. The van der Waals surface area contributed by atoms with Crippen LogP contribution in [0.25, 0.3) is 0 Å². The van der Waals surface area contributed by atoms with E-state index in [9.17, 15) is 5.11 Å². The van der Waals surface area contributed by atoms with Crippen molar-refractivity contribution in [3.63, 3.8) is 0 Å². The molecule has 0 saturated carbocycles. The number of rotatable bonds is 3. The minimum atomic E-state index is -1.17. The van der Waals surface area contributed by atoms with E-state index in [0.29, 0.717) is 16.0 Å². The molecule has 0 unspecified atom stereocenters. The van der Waals surface area contributed by atoms with Crippen LogP contribution < -0.4 is 0 Å². The Morgan fingerprint density at radius 1 is 0.875 bits per heavy atom. The number of halogens is 2. The lowest BCUT2D eigenvalue weighted by Crippen LogP contribution is -2.55. The van der Waals surface area contributed by atoms with Crippen LogP contribution >= 0.6 is 23.2 Å². The van der Waals surface area contributed by atoms with Crippen molar-refractivity contribution in [3.05, 3.63) is 69.7 Å². The summed E-state index contributed by atoms with van der Waals surface area (Å²) >= 11 is 13.0. The molecule has 3 aliphatic heterocycles. The van der Waals surface area contributed by atoms with Gasteiger partial charge in [0, 0.05) is 33.6 Å². The SMILES string of the molecule is OC(c1ccccc1Cl)(c1ccccc1Cl)[C@@H]1CN2CCC1CC2. The first-order valence-electron chi connectivity index (χ1n) is 8.55. The Kier molecular flexibility index (Phi) is 4.34. The minimum Gasteiger partial charge on any atom is -0.380 e. The van der Waals surface area contributed by atoms with E-state index < -0.39 is 5.60 Å². The third-order valence-corrected chi connectivity index (χ3v) is 6.42. The summed E-state index contributed by atoms with van der Waals surface area (Å²) in [6.45, 7) is 3.14. The largest absolute Gasteiger partial charge is 0.380 e. The third-order valence-electron chi connectivity index (χ3n) is 5.76. The van der Waals surface area contributed by atoms with Crippen molar-refractivity contribution < 1.29 is 5.11 Å². The van der Waals surface area contributed by atoms with Gasteiger partial charge in [-0.05, 0) is 44.0 Å². The molecule has 0 aliphatic carbocycles. The van der Waals surface area contributed by atoms with Gasteiger partial charge in [0.25, 0.3) is 0 Å². The zero-order chi connectivity index (χ0) is 16.7. The van der Waals surface area contributed by atoms with Gasteiger partial charge in [0.05, 0.1) is 0 Å². The van der Waals surface area contributed by atoms with Crippen LogP contribution in [0.1, 0.15) is 24.0 Å². The van der Waals surface area contributed by atoms with Gasteiger partial charge in [-0.25, -0.2) is 0 Å². The van der Waals surface area contributed by atoms with E-state index in [0.717, 1.165) is 43.6 Å². The first-order valence-corrected chi connectivity index (χ1v) is 9.31. The molecular weight excluding hydrogens is 341 g/mol. The number of nitrogens with zero attached hydrogens (tertiary/aromatic N) is 1. The second-order valence-electron chi connectivity index (χ2n) is 6.97. The van der Waals surface area contributed by atoms with Gasteiger partial charge in [-0.1, -0.05) is 59.6 Å². The third kappa shape index (κ3) is 2.57. The molecule has 3 fully saturated rings. The van der Waals surface area contributed by atoms with E-state index in [1.165, 1.54) is 0 Å². The van der Waals surface area contributed by atoms with Crippen LogP contribution in [0, 0.1) is 11.8 Å². The Bertz CT molecular complexity index is 694. The molecule has 0 radical (unpaired) electrons. The van der Waals surface area contributed by atoms with Crippen molar-refractivity contribution in [2.75, 3.05) is 19.6 Å². The number of hydrogen-bond donors (Lipinski definition) is 1.